The number of nitrogens with zero attached hydrogens (tertiary/aromatic N) is 2. The largest absolute Gasteiger partial charge is 0.459 e. The molecule has 2 aromatic carbocycles. The number of anilines is 1. The Bertz CT molecular complexity index is 1310. The van der Waals surface area contributed by atoms with E-state index in [1.165, 1.54) is 12.1 Å². The Morgan fingerprint density at radius 2 is 1.39 bits per heavy atom. The Labute approximate surface area is 242 Å². The van der Waals surface area contributed by atoms with E-state index in [0.717, 1.165) is 5.69 Å². The van der Waals surface area contributed by atoms with Gasteiger partial charge in [0.05, 0.1) is 4.90 Å². The lowest BCUT2D eigenvalue weighted by Gasteiger charge is -2.36. The number of carbonyl (C=O) groups is 3. The van der Waals surface area contributed by atoms with E-state index in [4.69, 9.17) is 9.47 Å². The highest BCUT2D eigenvalue weighted by Crippen LogP contribution is 2.19. The number of ether oxygens (including phenoxy) is 2. The van der Waals surface area contributed by atoms with E-state index in [9.17, 15) is 22.8 Å². The predicted molar refractivity (Wildman–Crippen MR) is 155 cm³/mol. The molecule has 224 valence electrons. The standard InChI is InChI=1S/C29H40N4O7S/c1-28(2,3)39-26(35)24(31-41(37,38)23-10-8-7-9-11-23)20-30-25(34)21-12-14-22(15-13-21)32-16-18-33(19-17-32)27(36)40-29(4,5)6/h7-15,24,31H,16-20H2,1-6H3,(H,30,34)/t24-/m0/s1. The fourth-order valence-corrected chi connectivity index (χ4v) is 5.20. The van der Waals surface area contributed by atoms with Crippen molar-refractivity contribution in [2.45, 2.75) is 63.7 Å². The number of benzene rings is 2. The van der Waals surface area contributed by atoms with Crippen LogP contribution in [0.15, 0.2) is 59.5 Å². The highest BCUT2D eigenvalue weighted by Gasteiger charge is 2.31. The number of nitrogens with one attached hydrogen (secondary N) is 2. The molecule has 1 aliphatic heterocycles. The van der Waals surface area contributed by atoms with Gasteiger partial charge in [0.25, 0.3) is 5.91 Å². The van der Waals surface area contributed by atoms with Crippen LogP contribution in [0.5, 0.6) is 0 Å². The molecule has 0 aromatic heterocycles. The van der Waals surface area contributed by atoms with E-state index in [1.807, 2.05) is 32.9 Å². The van der Waals surface area contributed by atoms with Crippen molar-refractivity contribution < 1.29 is 32.3 Å². The number of amides is 2. The van der Waals surface area contributed by atoms with Gasteiger partial charge in [0, 0.05) is 44.0 Å². The van der Waals surface area contributed by atoms with Crippen molar-refractivity contribution in [2.24, 2.45) is 0 Å². The minimum Gasteiger partial charge on any atom is -0.459 e. The topological polar surface area (TPSA) is 134 Å². The second kappa shape index (κ2) is 12.9. The van der Waals surface area contributed by atoms with E-state index >= 15 is 0 Å². The molecule has 1 aliphatic rings. The normalized spacial score (nSPS) is 15.2. The molecular weight excluding hydrogens is 548 g/mol. The Morgan fingerprint density at radius 1 is 0.829 bits per heavy atom. The molecule has 0 unspecified atom stereocenters. The summed E-state index contributed by atoms with van der Waals surface area (Å²) in [7, 11) is -4.05. The Morgan fingerprint density at radius 3 is 1.93 bits per heavy atom. The van der Waals surface area contributed by atoms with Crippen molar-refractivity contribution >= 4 is 33.7 Å². The maximum atomic E-state index is 12.9. The molecule has 41 heavy (non-hydrogen) atoms. The summed E-state index contributed by atoms with van der Waals surface area (Å²) in [4.78, 5) is 41.8. The molecule has 2 amide bonds. The number of piperazine rings is 1. The van der Waals surface area contributed by atoms with Crippen LogP contribution in [-0.4, -0.2) is 81.3 Å². The molecule has 1 atom stereocenters. The third-order valence-corrected chi connectivity index (χ3v) is 7.42. The van der Waals surface area contributed by atoms with Crippen LogP contribution in [-0.2, 0) is 24.3 Å². The molecule has 1 heterocycles. The molecule has 0 radical (unpaired) electrons. The average Bonchev–Trinajstić information content (AvgIpc) is 2.89. The van der Waals surface area contributed by atoms with Gasteiger partial charge < -0.3 is 24.6 Å². The zero-order valence-corrected chi connectivity index (χ0v) is 25.3. The van der Waals surface area contributed by atoms with Gasteiger partial charge in [-0.3, -0.25) is 9.59 Å². The number of rotatable bonds is 8. The highest BCUT2D eigenvalue weighted by atomic mass is 32.2. The van der Waals surface area contributed by atoms with Crippen molar-refractivity contribution in [3.05, 3.63) is 60.2 Å². The maximum absolute atomic E-state index is 12.9. The van der Waals surface area contributed by atoms with Gasteiger partial charge in [-0.1, -0.05) is 18.2 Å². The molecule has 2 aromatic rings. The summed E-state index contributed by atoms with van der Waals surface area (Å²) in [5, 5.41) is 2.64. The van der Waals surface area contributed by atoms with Crippen LogP contribution in [0.2, 0.25) is 0 Å². The van der Waals surface area contributed by atoms with E-state index < -0.39 is 39.1 Å². The second-order valence-corrected chi connectivity index (χ2v) is 13.4. The number of hydrogen-bond donors (Lipinski definition) is 2. The molecule has 3 rings (SSSR count). The van der Waals surface area contributed by atoms with Gasteiger partial charge in [-0.2, -0.15) is 4.72 Å². The molecule has 11 nitrogen and oxygen atoms in total. The molecule has 0 aliphatic carbocycles. The third kappa shape index (κ3) is 9.75. The van der Waals surface area contributed by atoms with E-state index in [0.29, 0.717) is 31.7 Å². The quantitative estimate of drug-likeness (QED) is 0.449. The van der Waals surface area contributed by atoms with Crippen LogP contribution in [0.4, 0.5) is 10.5 Å². The molecule has 2 N–H and O–H groups in total. The minimum absolute atomic E-state index is 0.0117. The first-order chi connectivity index (χ1) is 19.0. The lowest BCUT2D eigenvalue weighted by Crippen LogP contribution is -2.50. The smallest absolute Gasteiger partial charge is 0.410 e. The predicted octanol–water partition coefficient (Wildman–Crippen LogP) is 3.16. The van der Waals surface area contributed by atoms with E-state index in [-0.39, 0.29) is 17.5 Å². The first-order valence-electron chi connectivity index (χ1n) is 13.5. The van der Waals surface area contributed by atoms with Gasteiger partial charge in [0.15, 0.2) is 0 Å². The maximum Gasteiger partial charge on any atom is 0.410 e. The van der Waals surface area contributed by atoms with Crippen molar-refractivity contribution in [1.82, 2.24) is 14.9 Å². The Balaban J connectivity index is 1.61. The molecular formula is C29H40N4O7S. The van der Waals surface area contributed by atoms with E-state index in [1.54, 1.807) is 56.0 Å². The van der Waals surface area contributed by atoms with Gasteiger partial charge in [0.2, 0.25) is 10.0 Å². The first kappa shape index (κ1) is 31.9. The summed E-state index contributed by atoms with van der Waals surface area (Å²) >= 11 is 0. The zero-order chi connectivity index (χ0) is 30.4. The summed E-state index contributed by atoms with van der Waals surface area (Å²) in [5.41, 5.74) is -0.169. The molecule has 12 heteroatoms. The Kier molecular flexibility index (Phi) is 10.0. The number of sulfonamides is 1. The van der Waals surface area contributed by atoms with Crippen molar-refractivity contribution in [1.29, 1.82) is 0 Å². The third-order valence-electron chi connectivity index (χ3n) is 5.93. The van der Waals surface area contributed by atoms with Crippen LogP contribution in [0.3, 0.4) is 0 Å². The number of esters is 1. The van der Waals surface area contributed by atoms with Crippen molar-refractivity contribution in [3.8, 4) is 0 Å². The fourth-order valence-electron chi connectivity index (χ4n) is 4.00. The summed E-state index contributed by atoms with van der Waals surface area (Å²) in [6, 6.07) is 13.2. The SMILES string of the molecule is CC(C)(C)OC(=O)[C@H](CNC(=O)c1ccc(N2CCN(C(=O)OC(C)(C)C)CC2)cc1)NS(=O)(=O)c1ccccc1. The van der Waals surface area contributed by atoms with Gasteiger partial charge in [-0.15, -0.1) is 0 Å². The lowest BCUT2D eigenvalue weighted by molar-refractivity contribution is -0.156. The van der Waals surface area contributed by atoms with Crippen molar-refractivity contribution in [3.63, 3.8) is 0 Å². The summed E-state index contributed by atoms with van der Waals surface area (Å²) in [6.07, 6.45) is -0.333. The summed E-state index contributed by atoms with van der Waals surface area (Å²) in [6.45, 7) is 12.5. The Hall–Kier alpha value is -3.64. The zero-order valence-electron chi connectivity index (χ0n) is 24.5. The number of carbonyl (C=O) groups excluding carboxylic acids is 3. The van der Waals surface area contributed by atoms with Crippen LogP contribution in [0, 0.1) is 0 Å². The molecule has 0 bridgehead atoms. The van der Waals surface area contributed by atoms with Crippen molar-refractivity contribution in [2.75, 3.05) is 37.6 Å². The van der Waals surface area contributed by atoms with Gasteiger partial charge in [-0.05, 0) is 77.9 Å². The van der Waals surface area contributed by atoms with Gasteiger partial charge in [-0.25, -0.2) is 13.2 Å². The highest BCUT2D eigenvalue weighted by molar-refractivity contribution is 7.89. The molecule has 0 saturated carbocycles. The lowest BCUT2D eigenvalue weighted by atomic mass is 10.1. The molecule has 0 spiro atoms. The van der Waals surface area contributed by atoms with E-state index in [2.05, 4.69) is 14.9 Å². The van der Waals surface area contributed by atoms with Gasteiger partial charge >= 0.3 is 12.1 Å². The molecule has 1 fully saturated rings. The monoisotopic (exact) mass is 588 g/mol. The van der Waals surface area contributed by atoms with Crippen LogP contribution < -0.4 is 14.9 Å². The minimum atomic E-state index is -4.05. The average molecular weight is 589 g/mol. The second-order valence-electron chi connectivity index (χ2n) is 11.7. The summed E-state index contributed by atoms with van der Waals surface area (Å²) < 4.78 is 38.9. The van der Waals surface area contributed by atoms with Gasteiger partial charge in [0.1, 0.15) is 17.2 Å². The first-order valence-corrected chi connectivity index (χ1v) is 14.9. The fraction of sp³-hybridized carbons (Fsp3) is 0.483. The summed E-state index contributed by atoms with van der Waals surface area (Å²) in [5.74, 6) is -1.28. The molecule has 1 saturated heterocycles. The van der Waals surface area contributed by atoms with Crippen LogP contribution in [0.25, 0.3) is 0 Å². The van der Waals surface area contributed by atoms with Crippen LogP contribution >= 0.6 is 0 Å². The number of hydrogen-bond acceptors (Lipinski definition) is 8. The van der Waals surface area contributed by atoms with Crippen LogP contribution in [0.1, 0.15) is 51.9 Å².